The number of rotatable bonds is 8. The number of hydrogen-bond donors (Lipinski definition) is 3. The number of alkyl carbamates (subject to hydrolysis) is 1. The topological polar surface area (TPSA) is 105 Å². The second-order valence-corrected chi connectivity index (χ2v) is 7.19. The van der Waals surface area contributed by atoms with E-state index in [0.29, 0.717) is 25.1 Å². The fourth-order valence-electron chi connectivity index (χ4n) is 2.08. The van der Waals surface area contributed by atoms with Gasteiger partial charge in [0.1, 0.15) is 5.60 Å². The summed E-state index contributed by atoms with van der Waals surface area (Å²) >= 11 is 5.79. The number of aromatic carboxylic acids is 1. The highest BCUT2D eigenvalue weighted by Gasteiger charge is 2.15. The molecule has 0 saturated carbocycles. The van der Waals surface area contributed by atoms with Crippen LogP contribution in [-0.4, -0.2) is 35.2 Å². The van der Waals surface area contributed by atoms with E-state index in [-0.39, 0.29) is 16.5 Å². The van der Waals surface area contributed by atoms with Crippen molar-refractivity contribution in [2.24, 2.45) is 0 Å². The van der Waals surface area contributed by atoms with Gasteiger partial charge in [0.25, 0.3) is 0 Å². The van der Waals surface area contributed by atoms with Gasteiger partial charge in [0.2, 0.25) is 5.91 Å². The minimum Gasteiger partial charge on any atom is -0.478 e. The van der Waals surface area contributed by atoms with Crippen LogP contribution >= 0.6 is 11.6 Å². The molecule has 0 spiro atoms. The first-order chi connectivity index (χ1) is 12.1. The average Bonchev–Trinajstić information content (AvgIpc) is 2.50. The molecular formula is C18H25ClN2O5. The summed E-state index contributed by atoms with van der Waals surface area (Å²) in [4.78, 5) is 34.4. The van der Waals surface area contributed by atoms with Crippen LogP contribution in [0.1, 0.15) is 56.8 Å². The number of carboxylic acids is 1. The van der Waals surface area contributed by atoms with Crippen molar-refractivity contribution in [1.29, 1.82) is 0 Å². The van der Waals surface area contributed by atoms with Crippen LogP contribution in [0.3, 0.4) is 0 Å². The van der Waals surface area contributed by atoms with Gasteiger partial charge in [-0.05, 0) is 51.8 Å². The van der Waals surface area contributed by atoms with E-state index in [1.54, 1.807) is 26.8 Å². The molecule has 0 saturated heterocycles. The Labute approximate surface area is 158 Å². The van der Waals surface area contributed by atoms with Gasteiger partial charge in [0, 0.05) is 18.7 Å². The van der Waals surface area contributed by atoms with E-state index in [1.807, 2.05) is 0 Å². The predicted molar refractivity (Wildman–Crippen MR) is 99.7 cm³/mol. The molecule has 26 heavy (non-hydrogen) atoms. The first-order valence-electron chi connectivity index (χ1n) is 8.38. The number of unbranched alkanes of at least 4 members (excludes halogenated alkanes) is 2. The molecule has 3 N–H and O–H groups in total. The molecule has 8 heteroatoms. The van der Waals surface area contributed by atoms with Crippen LogP contribution in [0.2, 0.25) is 5.02 Å². The lowest BCUT2D eigenvalue weighted by Crippen LogP contribution is -2.33. The number of carbonyl (C=O) groups excluding carboxylic acids is 2. The third kappa shape index (κ3) is 8.71. The minimum absolute atomic E-state index is 0.0577. The van der Waals surface area contributed by atoms with E-state index < -0.39 is 17.7 Å². The molecule has 1 aromatic carbocycles. The summed E-state index contributed by atoms with van der Waals surface area (Å²) in [5.41, 5.74) is -0.189. The SMILES string of the molecule is CC(C)(C)OC(=O)NCCCCCC(=O)Nc1ccc(Cl)c(C(=O)O)c1. The van der Waals surface area contributed by atoms with Crippen LogP contribution in [0.25, 0.3) is 0 Å². The maximum atomic E-state index is 11.9. The zero-order valence-electron chi connectivity index (χ0n) is 15.2. The Bertz CT molecular complexity index is 655. The number of benzene rings is 1. The van der Waals surface area contributed by atoms with E-state index >= 15 is 0 Å². The Balaban J connectivity index is 2.24. The molecule has 0 aromatic heterocycles. The number of halogens is 1. The molecule has 1 rings (SSSR count). The summed E-state index contributed by atoms with van der Waals surface area (Å²) in [6.07, 6.45) is 2.01. The highest BCUT2D eigenvalue weighted by atomic mass is 35.5. The fraction of sp³-hybridized carbons (Fsp3) is 0.500. The van der Waals surface area contributed by atoms with Crippen molar-refractivity contribution in [1.82, 2.24) is 5.32 Å². The second kappa shape index (κ2) is 10.0. The quantitative estimate of drug-likeness (QED) is 0.586. The van der Waals surface area contributed by atoms with E-state index in [1.165, 1.54) is 12.1 Å². The summed E-state index contributed by atoms with van der Waals surface area (Å²) in [6.45, 7) is 5.87. The fourth-order valence-corrected chi connectivity index (χ4v) is 2.28. The van der Waals surface area contributed by atoms with Crippen LogP contribution in [0.15, 0.2) is 18.2 Å². The maximum absolute atomic E-state index is 11.9. The molecule has 0 heterocycles. The van der Waals surface area contributed by atoms with E-state index in [0.717, 1.165) is 12.8 Å². The summed E-state index contributed by atoms with van der Waals surface area (Å²) in [5, 5.41) is 14.4. The number of nitrogens with one attached hydrogen (secondary N) is 2. The van der Waals surface area contributed by atoms with Crippen molar-refractivity contribution in [3.8, 4) is 0 Å². The Kier molecular flexibility index (Phi) is 8.38. The van der Waals surface area contributed by atoms with E-state index in [4.69, 9.17) is 21.4 Å². The average molecular weight is 385 g/mol. The molecule has 7 nitrogen and oxygen atoms in total. The minimum atomic E-state index is -1.15. The standard InChI is InChI=1S/C18H25ClN2O5/c1-18(2,3)26-17(25)20-10-6-4-5-7-15(22)21-12-8-9-14(19)13(11-12)16(23)24/h8-9,11H,4-7,10H2,1-3H3,(H,20,25)(H,21,22)(H,23,24). The van der Waals surface area contributed by atoms with E-state index in [9.17, 15) is 14.4 Å². The van der Waals surface area contributed by atoms with Gasteiger partial charge >= 0.3 is 12.1 Å². The largest absolute Gasteiger partial charge is 0.478 e. The molecule has 2 amide bonds. The lowest BCUT2D eigenvalue weighted by molar-refractivity contribution is -0.116. The molecule has 1 aromatic rings. The number of carbonyl (C=O) groups is 3. The lowest BCUT2D eigenvalue weighted by atomic mass is 10.1. The summed E-state index contributed by atoms with van der Waals surface area (Å²) in [7, 11) is 0. The van der Waals surface area contributed by atoms with Crippen molar-refractivity contribution < 1.29 is 24.2 Å². The number of hydrogen-bond acceptors (Lipinski definition) is 4. The smallest absolute Gasteiger partial charge is 0.407 e. The van der Waals surface area contributed by atoms with Crippen LogP contribution in [0.4, 0.5) is 10.5 Å². The molecule has 0 aliphatic rings. The monoisotopic (exact) mass is 384 g/mol. The van der Waals surface area contributed by atoms with Crippen LogP contribution in [0, 0.1) is 0 Å². The lowest BCUT2D eigenvalue weighted by Gasteiger charge is -2.19. The van der Waals surface area contributed by atoms with Crippen molar-refractivity contribution in [3.05, 3.63) is 28.8 Å². The number of ether oxygens (including phenoxy) is 1. The van der Waals surface area contributed by atoms with Crippen LogP contribution in [-0.2, 0) is 9.53 Å². The predicted octanol–water partition coefficient (Wildman–Crippen LogP) is 4.06. The molecule has 0 bridgehead atoms. The summed E-state index contributed by atoms with van der Waals surface area (Å²) in [5.74, 6) is -1.35. The summed E-state index contributed by atoms with van der Waals surface area (Å²) in [6, 6.07) is 4.31. The van der Waals surface area contributed by atoms with Gasteiger partial charge in [-0.1, -0.05) is 18.0 Å². The second-order valence-electron chi connectivity index (χ2n) is 6.79. The van der Waals surface area contributed by atoms with E-state index in [2.05, 4.69) is 10.6 Å². The molecular weight excluding hydrogens is 360 g/mol. The number of anilines is 1. The molecule has 0 atom stereocenters. The van der Waals surface area contributed by atoms with Gasteiger partial charge in [-0.15, -0.1) is 0 Å². The first-order valence-corrected chi connectivity index (χ1v) is 8.76. The van der Waals surface area contributed by atoms with Crippen molar-refractivity contribution >= 4 is 35.3 Å². The summed E-state index contributed by atoms with van der Waals surface area (Å²) < 4.78 is 5.12. The Morgan fingerprint density at radius 2 is 1.85 bits per heavy atom. The highest BCUT2D eigenvalue weighted by molar-refractivity contribution is 6.33. The Hall–Kier alpha value is -2.28. The zero-order valence-corrected chi connectivity index (χ0v) is 16.0. The molecule has 144 valence electrons. The van der Waals surface area contributed by atoms with Gasteiger partial charge in [0.05, 0.1) is 10.6 Å². The Morgan fingerprint density at radius 3 is 2.46 bits per heavy atom. The highest BCUT2D eigenvalue weighted by Crippen LogP contribution is 2.20. The third-order valence-corrected chi connectivity index (χ3v) is 3.56. The van der Waals surface area contributed by atoms with Gasteiger partial charge < -0.3 is 20.5 Å². The van der Waals surface area contributed by atoms with Crippen molar-refractivity contribution in [2.75, 3.05) is 11.9 Å². The maximum Gasteiger partial charge on any atom is 0.407 e. The van der Waals surface area contributed by atoms with Gasteiger partial charge in [-0.25, -0.2) is 9.59 Å². The van der Waals surface area contributed by atoms with Gasteiger partial charge in [-0.3, -0.25) is 4.79 Å². The number of carboxylic acid groups (broad SMARTS) is 1. The van der Waals surface area contributed by atoms with Crippen LogP contribution < -0.4 is 10.6 Å². The van der Waals surface area contributed by atoms with Gasteiger partial charge in [0.15, 0.2) is 0 Å². The molecule has 0 fully saturated rings. The molecule has 0 aliphatic carbocycles. The van der Waals surface area contributed by atoms with Crippen LogP contribution in [0.5, 0.6) is 0 Å². The molecule has 0 radical (unpaired) electrons. The first kappa shape index (κ1) is 21.8. The zero-order chi connectivity index (χ0) is 19.7. The third-order valence-electron chi connectivity index (χ3n) is 3.23. The van der Waals surface area contributed by atoms with Crippen molar-refractivity contribution in [3.63, 3.8) is 0 Å². The molecule has 0 aliphatic heterocycles. The Morgan fingerprint density at radius 1 is 1.15 bits per heavy atom. The normalized spacial score (nSPS) is 10.9. The molecule has 0 unspecified atom stereocenters. The van der Waals surface area contributed by atoms with Gasteiger partial charge in [-0.2, -0.15) is 0 Å². The number of amides is 2. The van der Waals surface area contributed by atoms with Crippen molar-refractivity contribution in [2.45, 2.75) is 52.1 Å².